The normalized spacial score (nSPS) is 23.7. The molecule has 2 aromatic rings. The molecule has 1 aliphatic carbocycles. The first kappa shape index (κ1) is 12.2. The van der Waals surface area contributed by atoms with E-state index in [-0.39, 0.29) is 0 Å². The van der Waals surface area contributed by atoms with Crippen molar-refractivity contribution in [1.29, 1.82) is 0 Å². The van der Waals surface area contributed by atoms with Crippen molar-refractivity contribution in [3.05, 3.63) is 6.20 Å². The van der Waals surface area contributed by atoms with Crippen molar-refractivity contribution < 1.29 is 0 Å². The van der Waals surface area contributed by atoms with Crippen LogP contribution in [0.5, 0.6) is 0 Å². The van der Waals surface area contributed by atoms with Gasteiger partial charge in [0, 0.05) is 13.1 Å². The molecule has 3 N–H and O–H groups in total. The van der Waals surface area contributed by atoms with Gasteiger partial charge in [0.15, 0.2) is 5.65 Å². The Morgan fingerprint density at radius 1 is 1.37 bits per heavy atom. The molecule has 102 valence electrons. The first-order valence-corrected chi connectivity index (χ1v) is 6.85. The van der Waals surface area contributed by atoms with Gasteiger partial charge < -0.3 is 11.1 Å². The standard InChI is InChI=1S/C13H20N6/c1-8-4-3-5-9(6-8)16-13-17-11(14)10-7-15-19(2)12(10)18-13/h7-9H,3-6H2,1-2H3,(H3,14,16,17,18). The molecule has 2 heterocycles. The van der Waals surface area contributed by atoms with Gasteiger partial charge in [-0.05, 0) is 18.8 Å². The second kappa shape index (κ2) is 4.68. The van der Waals surface area contributed by atoms with Gasteiger partial charge in [-0.25, -0.2) is 0 Å². The first-order chi connectivity index (χ1) is 9.13. The maximum Gasteiger partial charge on any atom is 0.226 e. The lowest BCUT2D eigenvalue weighted by Gasteiger charge is -2.27. The maximum absolute atomic E-state index is 5.96. The molecule has 19 heavy (non-hydrogen) atoms. The molecule has 1 fully saturated rings. The van der Waals surface area contributed by atoms with Crippen LogP contribution in [0.25, 0.3) is 11.0 Å². The first-order valence-electron chi connectivity index (χ1n) is 6.85. The predicted octanol–water partition coefficient (Wildman–Crippen LogP) is 1.94. The summed E-state index contributed by atoms with van der Waals surface area (Å²) in [4.78, 5) is 8.85. The Morgan fingerprint density at radius 2 is 2.21 bits per heavy atom. The second-order valence-corrected chi connectivity index (χ2v) is 5.55. The molecule has 0 aromatic carbocycles. The minimum absolute atomic E-state index is 0.453. The lowest BCUT2D eigenvalue weighted by Crippen LogP contribution is -2.27. The Morgan fingerprint density at radius 3 is 3.00 bits per heavy atom. The van der Waals surface area contributed by atoms with E-state index in [1.54, 1.807) is 10.9 Å². The van der Waals surface area contributed by atoms with Crippen molar-refractivity contribution in [1.82, 2.24) is 19.7 Å². The van der Waals surface area contributed by atoms with Crippen molar-refractivity contribution in [2.45, 2.75) is 38.6 Å². The minimum atomic E-state index is 0.453. The fraction of sp³-hybridized carbons (Fsp3) is 0.615. The van der Waals surface area contributed by atoms with Crippen molar-refractivity contribution in [3.8, 4) is 0 Å². The van der Waals surface area contributed by atoms with E-state index in [4.69, 9.17) is 5.73 Å². The van der Waals surface area contributed by atoms with Crippen LogP contribution in [0.15, 0.2) is 6.20 Å². The lowest BCUT2D eigenvalue weighted by molar-refractivity contribution is 0.358. The van der Waals surface area contributed by atoms with Crippen molar-refractivity contribution in [2.75, 3.05) is 11.1 Å². The zero-order chi connectivity index (χ0) is 13.4. The summed E-state index contributed by atoms with van der Waals surface area (Å²) in [7, 11) is 1.86. The van der Waals surface area contributed by atoms with E-state index in [2.05, 4.69) is 27.3 Å². The number of fused-ring (bicyclic) bond motifs is 1. The molecule has 0 aliphatic heterocycles. The molecule has 2 aromatic heterocycles. The van der Waals surface area contributed by atoms with Gasteiger partial charge in [-0.3, -0.25) is 4.68 Å². The molecule has 0 saturated heterocycles. The van der Waals surface area contributed by atoms with Crippen LogP contribution in [-0.4, -0.2) is 25.8 Å². The van der Waals surface area contributed by atoms with Gasteiger partial charge in [0.2, 0.25) is 5.95 Å². The van der Waals surface area contributed by atoms with Gasteiger partial charge in [-0.2, -0.15) is 15.1 Å². The van der Waals surface area contributed by atoms with E-state index in [9.17, 15) is 0 Å². The van der Waals surface area contributed by atoms with E-state index in [1.165, 1.54) is 25.7 Å². The van der Waals surface area contributed by atoms with Gasteiger partial charge in [0.05, 0.1) is 11.6 Å². The largest absolute Gasteiger partial charge is 0.383 e. The van der Waals surface area contributed by atoms with Gasteiger partial charge in [-0.15, -0.1) is 0 Å². The number of nitrogens with two attached hydrogens (primary N) is 1. The maximum atomic E-state index is 5.96. The van der Waals surface area contributed by atoms with E-state index in [0.29, 0.717) is 17.8 Å². The zero-order valence-corrected chi connectivity index (χ0v) is 11.4. The fourth-order valence-corrected chi connectivity index (χ4v) is 2.86. The van der Waals surface area contributed by atoms with Crippen LogP contribution >= 0.6 is 0 Å². The van der Waals surface area contributed by atoms with Crippen LogP contribution < -0.4 is 11.1 Å². The quantitative estimate of drug-likeness (QED) is 0.862. The number of hydrogen-bond acceptors (Lipinski definition) is 5. The Kier molecular flexibility index (Phi) is 3.00. The summed E-state index contributed by atoms with van der Waals surface area (Å²) >= 11 is 0. The Labute approximate surface area is 112 Å². The summed E-state index contributed by atoms with van der Waals surface area (Å²) < 4.78 is 1.72. The van der Waals surface area contributed by atoms with Gasteiger partial charge in [-0.1, -0.05) is 19.8 Å². The van der Waals surface area contributed by atoms with E-state index in [0.717, 1.165) is 17.0 Å². The molecule has 3 rings (SSSR count). The Hall–Kier alpha value is -1.85. The average molecular weight is 260 g/mol. The van der Waals surface area contributed by atoms with E-state index < -0.39 is 0 Å². The zero-order valence-electron chi connectivity index (χ0n) is 11.4. The highest BCUT2D eigenvalue weighted by molar-refractivity contribution is 5.86. The Bertz CT molecular complexity index is 590. The number of rotatable bonds is 2. The highest BCUT2D eigenvalue weighted by Crippen LogP contribution is 2.26. The third kappa shape index (κ3) is 2.34. The monoisotopic (exact) mass is 260 g/mol. The van der Waals surface area contributed by atoms with E-state index >= 15 is 0 Å². The topological polar surface area (TPSA) is 81.6 Å². The predicted molar refractivity (Wildman–Crippen MR) is 75.8 cm³/mol. The van der Waals surface area contributed by atoms with Gasteiger partial charge in [0.1, 0.15) is 5.82 Å². The molecule has 6 heteroatoms. The third-order valence-corrected chi connectivity index (χ3v) is 3.89. The molecular weight excluding hydrogens is 240 g/mol. The molecule has 0 amide bonds. The van der Waals surface area contributed by atoms with Gasteiger partial charge in [0.25, 0.3) is 0 Å². The number of aryl methyl sites for hydroxylation is 1. The second-order valence-electron chi connectivity index (χ2n) is 5.55. The molecule has 0 spiro atoms. The van der Waals surface area contributed by atoms with Crippen LogP contribution in [-0.2, 0) is 7.05 Å². The fourth-order valence-electron chi connectivity index (χ4n) is 2.86. The molecule has 2 atom stereocenters. The van der Waals surface area contributed by atoms with Crippen molar-refractivity contribution >= 4 is 22.8 Å². The molecular formula is C13H20N6. The lowest BCUT2D eigenvalue weighted by atomic mass is 9.87. The summed E-state index contributed by atoms with van der Waals surface area (Å²) in [5, 5.41) is 8.39. The highest BCUT2D eigenvalue weighted by atomic mass is 15.3. The van der Waals surface area contributed by atoms with E-state index in [1.807, 2.05) is 7.05 Å². The molecule has 0 radical (unpaired) electrons. The van der Waals surface area contributed by atoms with Crippen LogP contribution in [0.4, 0.5) is 11.8 Å². The van der Waals surface area contributed by atoms with Crippen LogP contribution in [0.3, 0.4) is 0 Å². The van der Waals surface area contributed by atoms with Gasteiger partial charge >= 0.3 is 0 Å². The van der Waals surface area contributed by atoms with Crippen LogP contribution in [0, 0.1) is 5.92 Å². The number of nitrogens with zero attached hydrogens (tertiary/aromatic N) is 4. The smallest absolute Gasteiger partial charge is 0.226 e. The summed E-state index contributed by atoms with van der Waals surface area (Å²) in [6.45, 7) is 2.30. The number of anilines is 2. The molecule has 1 aliphatic rings. The number of nitrogens with one attached hydrogen (secondary N) is 1. The van der Waals surface area contributed by atoms with Crippen LogP contribution in [0.1, 0.15) is 32.6 Å². The molecule has 0 bridgehead atoms. The molecule has 2 unspecified atom stereocenters. The third-order valence-electron chi connectivity index (χ3n) is 3.89. The Balaban J connectivity index is 1.86. The summed E-state index contributed by atoms with van der Waals surface area (Å²) in [5.41, 5.74) is 6.74. The number of hydrogen-bond donors (Lipinski definition) is 2. The van der Waals surface area contributed by atoms with Crippen molar-refractivity contribution in [2.24, 2.45) is 13.0 Å². The van der Waals surface area contributed by atoms with Crippen LogP contribution in [0.2, 0.25) is 0 Å². The summed E-state index contributed by atoms with van der Waals surface area (Å²) in [6, 6.07) is 0.453. The SMILES string of the molecule is CC1CCCC(Nc2nc(N)c3cnn(C)c3n2)C1. The minimum Gasteiger partial charge on any atom is -0.383 e. The molecule has 6 nitrogen and oxygen atoms in total. The summed E-state index contributed by atoms with van der Waals surface area (Å²) in [6.07, 6.45) is 6.64. The van der Waals surface area contributed by atoms with Crippen molar-refractivity contribution in [3.63, 3.8) is 0 Å². The average Bonchev–Trinajstić information content (AvgIpc) is 2.72. The highest BCUT2D eigenvalue weighted by Gasteiger charge is 2.20. The summed E-state index contributed by atoms with van der Waals surface area (Å²) in [5.74, 6) is 1.88. The number of nitrogen functional groups attached to an aromatic ring is 1. The molecule has 1 saturated carbocycles. The number of aromatic nitrogens is 4.